The van der Waals surface area contributed by atoms with Crippen LogP contribution in [0.15, 0.2) is 0 Å². The first kappa shape index (κ1) is 71.4. The van der Waals surface area contributed by atoms with Crippen LogP contribution in [0.25, 0.3) is 0 Å². The summed E-state index contributed by atoms with van der Waals surface area (Å²) in [5.74, 6) is -0.833. The first-order valence-electron chi connectivity index (χ1n) is 33.5. The highest BCUT2D eigenvalue weighted by atomic mass is 16.6. The van der Waals surface area contributed by atoms with Crippen molar-refractivity contribution in [1.82, 2.24) is 0 Å². The molecular weight excluding hydrogens is 901 g/mol. The summed E-state index contributed by atoms with van der Waals surface area (Å²) in [4.78, 5) is 38.1. The van der Waals surface area contributed by atoms with E-state index in [1.54, 1.807) is 0 Å². The van der Waals surface area contributed by atoms with Crippen LogP contribution < -0.4 is 0 Å². The third kappa shape index (κ3) is 61.1. The Labute approximate surface area is 457 Å². The van der Waals surface area contributed by atoms with Crippen molar-refractivity contribution >= 4 is 17.9 Å². The fourth-order valence-corrected chi connectivity index (χ4v) is 10.6. The number of carbonyl (C=O) groups excluding carboxylic acids is 3. The lowest BCUT2D eigenvalue weighted by Crippen LogP contribution is -2.30. The highest BCUT2D eigenvalue weighted by Crippen LogP contribution is 2.19. The van der Waals surface area contributed by atoms with E-state index in [0.717, 1.165) is 57.8 Å². The van der Waals surface area contributed by atoms with E-state index in [1.165, 1.54) is 295 Å². The van der Waals surface area contributed by atoms with Crippen LogP contribution in [0.2, 0.25) is 0 Å². The van der Waals surface area contributed by atoms with Crippen LogP contribution in [0.1, 0.15) is 393 Å². The SMILES string of the molecule is CCCCCCCCCCCCCCCCCCCCCCCCCCCCCCC(=O)OCC(COC(=O)CCCCCCCCCC)OC(=O)CCCCCCCCCCCCCCCCCCCCC. The second-order valence-corrected chi connectivity index (χ2v) is 23.1. The number of ether oxygens (including phenoxy) is 3. The molecule has 0 heterocycles. The van der Waals surface area contributed by atoms with E-state index in [0.29, 0.717) is 19.3 Å². The largest absolute Gasteiger partial charge is 0.462 e. The average molecular weight is 1030 g/mol. The number of carbonyl (C=O) groups is 3. The maximum absolute atomic E-state index is 12.9. The molecule has 0 aliphatic heterocycles. The van der Waals surface area contributed by atoms with E-state index in [2.05, 4.69) is 20.8 Å². The van der Waals surface area contributed by atoms with Gasteiger partial charge in [0.2, 0.25) is 0 Å². The third-order valence-electron chi connectivity index (χ3n) is 15.6. The molecule has 0 aromatic carbocycles. The molecule has 0 fully saturated rings. The molecule has 0 N–H and O–H groups in total. The molecule has 6 nitrogen and oxygen atoms in total. The van der Waals surface area contributed by atoms with Crippen LogP contribution in [0, 0.1) is 0 Å². The van der Waals surface area contributed by atoms with Gasteiger partial charge in [0, 0.05) is 19.3 Å². The Morgan fingerprint density at radius 1 is 0.219 bits per heavy atom. The van der Waals surface area contributed by atoms with E-state index in [1.807, 2.05) is 0 Å². The van der Waals surface area contributed by atoms with Crippen molar-refractivity contribution in [1.29, 1.82) is 0 Å². The van der Waals surface area contributed by atoms with Crippen LogP contribution in [0.4, 0.5) is 0 Å². The van der Waals surface area contributed by atoms with Crippen LogP contribution in [-0.4, -0.2) is 37.2 Å². The van der Waals surface area contributed by atoms with Crippen LogP contribution >= 0.6 is 0 Å². The first-order chi connectivity index (χ1) is 36.0. The zero-order valence-corrected chi connectivity index (χ0v) is 50.0. The van der Waals surface area contributed by atoms with E-state index < -0.39 is 6.10 Å². The summed E-state index contributed by atoms with van der Waals surface area (Å²) in [5.41, 5.74) is 0. The second-order valence-electron chi connectivity index (χ2n) is 23.1. The van der Waals surface area contributed by atoms with Gasteiger partial charge in [-0.25, -0.2) is 0 Å². The molecule has 0 aromatic heterocycles. The van der Waals surface area contributed by atoms with Crippen LogP contribution in [0.3, 0.4) is 0 Å². The highest BCUT2D eigenvalue weighted by Gasteiger charge is 2.19. The fourth-order valence-electron chi connectivity index (χ4n) is 10.6. The molecule has 73 heavy (non-hydrogen) atoms. The molecule has 434 valence electrons. The van der Waals surface area contributed by atoms with Gasteiger partial charge in [-0.2, -0.15) is 0 Å². The molecule has 6 heteroatoms. The van der Waals surface area contributed by atoms with Gasteiger partial charge in [0.1, 0.15) is 13.2 Å². The molecule has 0 rings (SSSR count). The molecule has 0 aromatic rings. The van der Waals surface area contributed by atoms with Crippen molar-refractivity contribution in [2.24, 2.45) is 0 Å². The second kappa shape index (κ2) is 62.9. The molecule has 1 atom stereocenters. The van der Waals surface area contributed by atoms with Crippen molar-refractivity contribution in [2.75, 3.05) is 13.2 Å². The zero-order chi connectivity index (χ0) is 52.9. The van der Waals surface area contributed by atoms with Gasteiger partial charge in [-0.15, -0.1) is 0 Å². The van der Waals surface area contributed by atoms with Crippen molar-refractivity contribution in [3.8, 4) is 0 Å². The van der Waals surface area contributed by atoms with Gasteiger partial charge in [-0.05, 0) is 19.3 Å². The molecular formula is C67H130O6. The van der Waals surface area contributed by atoms with E-state index in [4.69, 9.17) is 14.2 Å². The summed E-state index contributed by atoms with van der Waals surface area (Å²) in [6.07, 6.45) is 72.9. The number of esters is 3. The Kier molecular flexibility index (Phi) is 61.6. The van der Waals surface area contributed by atoms with Crippen LogP contribution in [0.5, 0.6) is 0 Å². The molecule has 0 amide bonds. The Morgan fingerprint density at radius 2 is 0.370 bits per heavy atom. The van der Waals surface area contributed by atoms with Crippen molar-refractivity contribution in [2.45, 2.75) is 399 Å². The molecule has 0 spiro atoms. The molecule has 0 saturated heterocycles. The van der Waals surface area contributed by atoms with E-state index >= 15 is 0 Å². The fraction of sp³-hybridized carbons (Fsp3) is 0.955. The normalized spacial score (nSPS) is 11.9. The average Bonchev–Trinajstić information content (AvgIpc) is 3.39. The molecule has 1 unspecified atom stereocenters. The quantitative estimate of drug-likeness (QED) is 0.0343. The number of unbranched alkanes of at least 4 members (excludes halogenated alkanes) is 52. The zero-order valence-electron chi connectivity index (χ0n) is 50.0. The summed E-state index contributed by atoms with van der Waals surface area (Å²) in [6, 6.07) is 0. The molecule has 0 aliphatic carbocycles. The van der Waals surface area contributed by atoms with Gasteiger partial charge >= 0.3 is 17.9 Å². The predicted molar refractivity (Wildman–Crippen MR) is 317 cm³/mol. The number of rotatable bonds is 63. The number of hydrogen-bond acceptors (Lipinski definition) is 6. The molecule has 0 saturated carbocycles. The molecule has 0 radical (unpaired) electrons. The van der Waals surface area contributed by atoms with E-state index in [9.17, 15) is 14.4 Å². The summed E-state index contributed by atoms with van der Waals surface area (Å²) in [7, 11) is 0. The Hall–Kier alpha value is -1.59. The van der Waals surface area contributed by atoms with Gasteiger partial charge in [-0.3, -0.25) is 14.4 Å². The van der Waals surface area contributed by atoms with Crippen molar-refractivity contribution < 1.29 is 28.6 Å². The van der Waals surface area contributed by atoms with E-state index in [-0.39, 0.29) is 31.1 Å². The van der Waals surface area contributed by atoms with Gasteiger partial charge in [0.05, 0.1) is 0 Å². The monoisotopic (exact) mass is 1030 g/mol. The first-order valence-corrected chi connectivity index (χ1v) is 33.5. The summed E-state index contributed by atoms with van der Waals surface area (Å²) < 4.78 is 16.9. The summed E-state index contributed by atoms with van der Waals surface area (Å²) in [5, 5.41) is 0. The van der Waals surface area contributed by atoms with Gasteiger partial charge < -0.3 is 14.2 Å². The topological polar surface area (TPSA) is 78.9 Å². The van der Waals surface area contributed by atoms with Gasteiger partial charge in [-0.1, -0.05) is 355 Å². The summed E-state index contributed by atoms with van der Waals surface area (Å²) in [6.45, 7) is 6.70. The minimum Gasteiger partial charge on any atom is -0.462 e. The van der Waals surface area contributed by atoms with Gasteiger partial charge in [0.25, 0.3) is 0 Å². The standard InChI is InChI=1S/C67H130O6/c1-4-7-10-13-16-19-21-23-25-27-29-30-31-32-33-34-35-36-37-39-40-42-44-46-48-51-54-57-60-66(69)72-63-64(62-71-65(68)59-56-53-50-18-15-12-9-6-3)73-67(70)61-58-55-52-49-47-45-43-41-38-28-26-24-22-20-17-14-11-8-5-2/h64H,4-63H2,1-3H3. The van der Waals surface area contributed by atoms with Crippen molar-refractivity contribution in [3.05, 3.63) is 0 Å². The lowest BCUT2D eigenvalue weighted by molar-refractivity contribution is -0.167. The maximum atomic E-state index is 12.9. The molecule has 0 bridgehead atoms. The van der Waals surface area contributed by atoms with Crippen molar-refractivity contribution in [3.63, 3.8) is 0 Å². The Morgan fingerprint density at radius 3 is 0.548 bits per heavy atom. The smallest absolute Gasteiger partial charge is 0.306 e. The third-order valence-corrected chi connectivity index (χ3v) is 15.6. The minimum atomic E-state index is -0.761. The minimum absolute atomic E-state index is 0.0612. The maximum Gasteiger partial charge on any atom is 0.306 e. The predicted octanol–water partition coefficient (Wildman–Crippen LogP) is 22.7. The number of hydrogen-bond donors (Lipinski definition) is 0. The molecule has 0 aliphatic rings. The van der Waals surface area contributed by atoms with Crippen LogP contribution in [-0.2, 0) is 28.6 Å². The highest BCUT2D eigenvalue weighted by molar-refractivity contribution is 5.71. The van der Waals surface area contributed by atoms with Gasteiger partial charge in [0.15, 0.2) is 6.10 Å². The Bertz CT molecular complexity index is 1090. The lowest BCUT2D eigenvalue weighted by atomic mass is 10.0. The summed E-state index contributed by atoms with van der Waals surface area (Å²) >= 11 is 0. The Balaban J connectivity index is 4.03. The lowest BCUT2D eigenvalue weighted by Gasteiger charge is -2.18.